The Labute approximate surface area is 440 Å². The predicted molar refractivity (Wildman–Crippen MR) is 335 cm³/mol. The Morgan fingerprint density at radius 2 is 0.657 bits per heavy atom. The number of hydrogen-bond donors (Lipinski definition) is 0. The van der Waals surface area contributed by atoms with Crippen LogP contribution in [0.2, 0.25) is 0 Å². The van der Waals surface area contributed by atoms with Gasteiger partial charge in [-0.1, -0.05) is 33.0 Å². The van der Waals surface area contributed by atoms with Crippen LogP contribution in [0.25, 0.3) is 65.3 Å². The second-order valence-electron chi connectivity index (χ2n) is 20.9. The Morgan fingerprint density at radius 1 is 0.314 bits per heavy atom. The van der Waals surface area contributed by atoms with Gasteiger partial charge in [-0.2, -0.15) is 0 Å². The van der Waals surface area contributed by atoms with Gasteiger partial charge in [0.1, 0.15) is 7.85 Å². The van der Waals surface area contributed by atoms with Crippen LogP contribution in [-0.4, -0.2) is 138 Å². The molecule has 0 heterocycles. The van der Waals surface area contributed by atoms with Crippen LogP contribution in [-0.2, 0) is 0 Å². The normalized spacial score (nSPS) is 11.6. The number of rotatable bonds is 10. The van der Waals surface area contributed by atoms with Gasteiger partial charge in [0.15, 0.2) is 0 Å². The van der Waals surface area contributed by atoms with E-state index in [1.165, 1.54) is 114 Å². The van der Waals surface area contributed by atoms with Gasteiger partial charge in [-0.25, -0.2) is 0 Å². The predicted octanol–water partition coefficient (Wildman–Crippen LogP) is 3.51. The SMILES string of the molecule is [B][B]B([B])B(B([B])[B])c1c(C)c(C)c(B([B])B([B])[B])c2c(-c3c(C)c(C)c(C)c4c(C)c5c(-c6c(C)c(C)c(C)c7c(C)c(C)c(C)c(C)c67)c(C)c(C)c(C)c5c(C)c34)c(B([B])[B])c([B][B])c([B])c12. The summed E-state index contributed by atoms with van der Waals surface area (Å²) in [4.78, 5) is 0. The Balaban J connectivity index is 1.90. The van der Waals surface area contributed by atoms with E-state index in [-0.39, 0.29) is 0 Å². The lowest BCUT2D eigenvalue weighted by Gasteiger charge is -2.36. The standard InChI is InChI=1S/C51H51B19/c1-18-19(2)27(10)38-35(23(18)6)24(7)20(3)28(11)39(38)40-29(12)21(4)25(8)36-34(17)43-37(33(16)42(36)40)26(9)22(5)30(13)41(43)44-45-46(47(52)48(63-53)51(44)65(55)56)50(67(69(60)61)70(62)64-54)32(15)31(14)49(45)66(57)68(58)59/h1-17H3. The van der Waals surface area contributed by atoms with Crippen molar-refractivity contribution in [2.45, 2.75) is 118 Å². The third kappa shape index (κ3) is 7.73. The van der Waals surface area contributed by atoms with Crippen molar-refractivity contribution in [3.8, 4) is 22.3 Å². The van der Waals surface area contributed by atoms with Gasteiger partial charge in [0.2, 0.25) is 0 Å². The molecule has 0 aliphatic carbocycles. The second-order valence-corrected chi connectivity index (χ2v) is 20.9. The molecule has 0 aromatic heterocycles. The highest BCUT2D eigenvalue weighted by Gasteiger charge is 2.36. The lowest BCUT2D eigenvalue weighted by atomic mass is 8.68. The molecule has 312 valence electrons. The molecule has 0 N–H and O–H groups in total. The summed E-state index contributed by atoms with van der Waals surface area (Å²) in [6, 6.07) is 0. The van der Waals surface area contributed by atoms with Crippen LogP contribution in [0.5, 0.6) is 0 Å². The smallest absolute Gasteiger partial charge is 0.111 e. The van der Waals surface area contributed by atoms with E-state index in [1.54, 1.807) is 0 Å². The molecule has 0 aliphatic heterocycles. The molecule has 24 radical (unpaired) electrons. The van der Waals surface area contributed by atoms with Crippen molar-refractivity contribution in [1.29, 1.82) is 0 Å². The van der Waals surface area contributed by atoms with Gasteiger partial charge in [0.25, 0.3) is 0 Å². The van der Waals surface area contributed by atoms with Gasteiger partial charge in [-0.3, -0.25) is 0 Å². The summed E-state index contributed by atoms with van der Waals surface area (Å²) in [7, 11) is 78.0. The first-order valence-electron chi connectivity index (χ1n) is 24.6. The van der Waals surface area contributed by atoms with Crippen molar-refractivity contribution in [2.24, 2.45) is 0 Å². The van der Waals surface area contributed by atoms with E-state index in [9.17, 15) is 0 Å². The third-order valence-electron chi connectivity index (χ3n) is 17.7. The zero-order valence-electron chi connectivity index (χ0n) is 45.0. The van der Waals surface area contributed by atoms with Crippen molar-refractivity contribution in [2.75, 3.05) is 0 Å². The fourth-order valence-corrected chi connectivity index (χ4v) is 12.8. The van der Waals surface area contributed by atoms with Crippen LogP contribution in [0, 0.1) is 118 Å². The average Bonchev–Trinajstić information content (AvgIpc) is 3.30. The fraction of sp³-hybridized carbons (Fsp3) is 0.333. The van der Waals surface area contributed by atoms with E-state index in [0.717, 1.165) is 55.2 Å². The average molecular weight is 869 g/mol. The van der Waals surface area contributed by atoms with Crippen molar-refractivity contribution in [3.63, 3.8) is 0 Å². The minimum atomic E-state index is -1.06. The molecule has 0 nitrogen and oxygen atoms in total. The molecule has 19 heteroatoms. The molecule has 0 fully saturated rings. The fourth-order valence-electron chi connectivity index (χ4n) is 12.8. The monoisotopic (exact) mass is 873 g/mol. The minimum absolute atomic E-state index is 0.326. The van der Waals surface area contributed by atoms with Crippen LogP contribution in [0.15, 0.2) is 0 Å². The Morgan fingerprint density at radius 3 is 1.01 bits per heavy atom. The molecule has 7 rings (SSSR count). The van der Waals surface area contributed by atoms with Gasteiger partial charge in [0.05, 0.1) is 26.7 Å². The number of hydrogen-bond acceptors (Lipinski definition) is 0. The molecule has 0 saturated carbocycles. The van der Waals surface area contributed by atoms with Crippen molar-refractivity contribution in [1.82, 2.24) is 0 Å². The van der Waals surface area contributed by atoms with E-state index in [0.29, 0.717) is 32.6 Å². The third-order valence-corrected chi connectivity index (χ3v) is 17.7. The highest BCUT2D eigenvalue weighted by Crippen LogP contribution is 2.51. The van der Waals surface area contributed by atoms with Crippen LogP contribution < -0.4 is 27.3 Å². The lowest BCUT2D eigenvalue weighted by molar-refractivity contribution is 1.22. The van der Waals surface area contributed by atoms with Crippen LogP contribution >= 0.6 is 0 Å². The second kappa shape index (κ2) is 19.6. The maximum Gasteiger partial charge on any atom is 0.113 e. The molecular formula is C51H51B19. The molecule has 0 spiro atoms. The molecule has 0 aliphatic rings. The van der Waals surface area contributed by atoms with E-state index in [4.69, 9.17) is 85.2 Å². The van der Waals surface area contributed by atoms with Crippen LogP contribution in [0.3, 0.4) is 0 Å². The number of aryl methyl sites for hydroxylation is 7. The van der Waals surface area contributed by atoms with Crippen LogP contribution in [0.4, 0.5) is 0 Å². The number of benzene rings is 7. The highest BCUT2D eigenvalue weighted by molar-refractivity contribution is 7.87. The molecule has 7 aromatic carbocycles. The zero-order valence-corrected chi connectivity index (χ0v) is 45.0. The van der Waals surface area contributed by atoms with E-state index >= 15 is 0 Å². The van der Waals surface area contributed by atoms with Crippen molar-refractivity contribution < 1.29 is 0 Å². The van der Waals surface area contributed by atoms with Crippen molar-refractivity contribution in [3.05, 3.63) is 94.6 Å². The Bertz CT molecular complexity index is 3400. The first kappa shape index (κ1) is 54.6. The molecule has 0 atom stereocenters. The maximum atomic E-state index is 7.43. The number of fused-ring (bicyclic) bond motifs is 4. The van der Waals surface area contributed by atoms with E-state index < -0.39 is 38.6 Å². The first-order valence-corrected chi connectivity index (χ1v) is 24.6. The molecule has 0 unspecified atom stereocenters. The molecular weight excluding hydrogens is 818 g/mol. The highest BCUT2D eigenvalue weighted by atomic mass is 14.3. The van der Waals surface area contributed by atoms with E-state index in [1.807, 2.05) is 13.8 Å². The van der Waals surface area contributed by atoms with Gasteiger partial charge < -0.3 is 0 Å². The molecule has 0 bridgehead atoms. The molecule has 0 amide bonds. The summed E-state index contributed by atoms with van der Waals surface area (Å²) in [5.41, 5.74) is 27.3. The quantitative estimate of drug-likeness (QED) is 0.146. The lowest BCUT2D eigenvalue weighted by Crippen LogP contribution is -2.64. The molecule has 70 heavy (non-hydrogen) atoms. The largest absolute Gasteiger partial charge is 0.113 e. The molecule has 0 saturated heterocycles. The van der Waals surface area contributed by atoms with E-state index in [2.05, 4.69) is 104 Å². The van der Waals surface area contributed by atoms with Gasteiger partial charge >= 0.3 is 0 Å². The summed E-state index contributed by atoms with van der Waals surface area (Å²) in [6.07, 6.45) is -2.67. The maximum absolute atomic E-state index is 7.43. The van der Waals surface area contributed by atoms with Crippen LogP contribution in [0.1, 0.15) is 94.6 Å². The minimum Gasteiger partial charge on any atom is -0.111 e. The summed E-state index contributed by atoms with van der Waals surface area (Å²) in [5, 5.41) is 8.64. The van der Waals surface area contributed by atoms with Gasteiger partial charge in [-0.15, -0.1) is 5.46 Å². The summed E-state index contributed by atoms with van der Waals surface area (Å²) >= 11 is 0. The summed E-state index contributed by atoms with van der Waals surface area (Å²) < 4.78 is 0. The summed E-state index contributed by atoms with van der Waals surface area (Å²) in [6.45, 7) is 35.4. The zero-order chi connectivity index (χ0) is 52.5. The van der Waals surface area contributed by atoms with Crippen molar-refractivity contribution >= 4 is 208 Å². The van der Waals surface area contributed by atoms with Gasteiger partial charge in [-0.05, 0) is 266 Å². The van der Waals surface area contributed by atoms with Gasteiger partial charge in [0, 0.05) is 104 Å². The Kier molecular flexibility index (Phi) is 15.3. The topological polar surface area (TPSA) is 0 Å². The first-order chi connectivity index (χ1) is 32.6. The molecule has 7 aromatic rings. The Hall–Kier alpha value is -3.19. The summed E-state index contributed by atoms with van der Waals surface area (Å²) in [5.74, 6) is 0.